The van der Waals surface area contributed by atoms with Crippen molar-refractivity contribution in [3.63, 3.8) is 0 Å². The average Bonchev–Trinajstić information content (AvgIpc) is 2.62. The van der Waals surface area contributed by atoms with E-state index >= 15 is 0 Å². The second-order valence-electron chi connectivity index (χ2n) is 6.21. The lowest BCUT2D eigenvalue weighted by atomic mass is 10.0. The number of aliphatic carboxylic acids is 1. The van der Waals surface area contributed by atoms with Gasteiger partial charge in [-0.25, -0.2) is 13.4 Å². The summed E-state index contributed by atoms with van der Waals surface area (Å²) in [6, 6.07) is 7.99. The van der Waals surface area contributed by atoms with Crippen molar-refractivity contribution in [3.05, 3.63) is 52.8 Å². The van der Waals surface area contributed by atoms with Gasteiger partial charge in [-0.3, -0.25) is 4.79 Å². The smallest absolute Gasteiger partial charge is 0.322 e. The Labute approximate surface area is 179 Å². The number of ether oxygens (including phenoxy) is 1. The molecule has 1 aromatic carbocycles. The first-order valence-corrected chi connectivity index (χ1v) is 10.4. The maximum absolute atomic E-state index is 13.3. The van der Waals surface area contributed by atoms with Crippen LogP contribution in [0.5, 0.6) is 5.75 Å². The van der Waals surface area contributed by atoms with Crippen LogP contribution in [0.15, 0.2) is 52.1 Å². The third-order valence-electron chi connectivity index (χ3n) is 4.02. The highest BCUT2D eigenvalue weighted by atomic mass is 79.9. The Morgan fingerprint density at radius 3 is 2.32 bits per heavy atom. The second-order valence-corrected chi connectivity index (χ2v) is 8.85. The molecule has 0 fully saturated rings. The van der Waals surface area contributed by atoms with Crippen molar-refractivity contribution in [3.8, 4) is 5.75 Å². The minimum atomic E-state index is -4.08. The standard InChI is InChI=1S/C18H21BrN2O5S.ClH/c1-12(2)16(18(22)23)21(11-13-5-4-10-20-17(13)19)27(24,25)15-8-6-14(26-3)7-9-15;/h4-10,12,16H,11H2,1-3H3,(H,22,23);1H/t16-;/m1./s1. The molecule has 1 aromatic heterocycles. The zero-order valence-electron chi connectivity index (χ0n) is 15.6. The van der Waals surface area contributed by atoms with Gasteiger partial charge in [0.2, 0.25) is 10.0 Å². The van der Waals surface area contributed by atoms with Crippen LogP contribution < -0.4 is 4.74 Å². The molecule has 0 aliphatic heterocycles. The van der Waals surface area contributed by atoms with E-state index in [4.69, 9.17) is 4.74 Å². The Balaban J connectivity index is 0.00000392. The number of carbonyl (C=O) groups is 1. The number of rotatable bonds is 8. The first kappa shape index (κ1) is 24.4. The molecular weight excluding hydrogens is 472 g/mol. The highest BCUT2D eigenvalue weighted by molar-refractivity contribution is 9.10. The number of aromatic nitrogens is 1. The topological polar surface area (TPSA) is 96.8 Å². The molecule has 1 N–H and O–H groups in total. The van der Waals surface area contributed by atoms with Crippen LogP contribution in [0.1, 0.15) is 19.4 Å². The highest BCUT2D eigenvalue weighted by Crippen LogP contribution is 2.27. The quantitative estimate of drug-likeness (QED) is 0.565. The van der Waals surface area contributed by atoms with Crippen LogP contribution in [0.4, 0.5) is 0 Å². The molecule has 0 aliphatic rings. The van der Waals surface area contributed by atoms with E-state index in [-0.39, 0.29) is 23.8 Å². The number of carboxylic acid groups (broad SMARTS) is 1. The number of hydrogen-bond acceptors (Lipinski definition) is 5. The summed E-state index contributed by atoms with van der Waals surface area (Å²) in [6.07, 6.45) is 1.56. The van der Waals surface area contributed by atoms with Gasteiger partial charge in [0.25, 0.3) is 0 Å². The maximum atomic E-state index is 13.3. The molecule has 2 aromatic rings. The van der Waals surface area contributed by atoms with Gasteiger partial charge < -0.3 is 9.84 Å². The third-order valence-corrected chi connectivity index (χ3v) is 6.58. The number of hydrogen-bond donors (Lipinski definition) is 1. The molecule has 0 aliphatic carbocycles. The molecule has 7 nitrogen and oxygen atoms in total. The molecule has 0 radical (unpaired) electrons. The van der Waals surface area contributed by atoms with E-state index in [2.05, 4.69) is 20.9 Å². The minimum Gasteiger partial charge on any atom is -0.497 e. The summed E-state index contributed by atoms with van der Waals surface area (Å²) in [4.78, 5) is 16.0. The number of halogens is 2. The number of methoxy groups -OCH3 is 1. The predicted octanol–water partition coefficient (Wildman–Crippen LogP) is 3.57. The lowest BCUT2D eigenvalue weighted by Gasteiger charge is -2.30. The van der Waals surface area contributed by atoms with Crippen LogP contribution in [-0.4, -0.2) is 41.9 Å². The minimum absolute atomic E-state index is 0. The summed E-state index contributed by atoms with van der Waals surface area (Å²) in [7, 11) is -2.60. The monoisotopic (exact) mass is 492 g/mol. The van der Waals surface area contributed by atoms with Gasteiger partial charge in [-0.2, -0.15) is 4.31 Å². The van der Waals surface area contributed by atoms with E-state index in [9.17, 15) is 18.3 Å². The first-order valence-electron chi connectivity index (χ1n) is 8.16. The molecule has 0 unspecified atom stereocenters. The van der Waals surface area contributed by atoms with Crippen molar-refractivity contribution in [2.24, 2.45) is 5.92 Å². The van der Waals surface area contributed by atoms with Crippen molar-refractivity contribution >= 4 is 44.3 Å². The van der Waals surface area contributed by atoms with Crippen LogP contribution in [-0.2, 0) is 21.4 Å². The van der Waals surface area contributed by atoms with Gasteiger partial charge in [0.05, 0.1) is 12.0 Å². The largest absolute Gasteiger partial charge is 0.497 e. The van der Waals surface area contributed by atoms with Crippen molar-refractivity contribution in [2.75, 3.05) is 7.11 Å². The van der Waals surface area contributed by atoms with E-state index in [0.29, 0.717) is 15.9 Å². The van der Waals surface area contributed by atoms with Gasteiger partial charge in [-0.15, -0.1) is 12.4 Å². The van der Waals surface area contributed by atoms with E-state index < -0.39 is 28.0 Å². The number of pyridine rings is 1. The molecule has 1 heterocycles. The SMILES string of the molecule is COc1ccc(S(=O)(=O)N(Cc2cccnc2Br)[C@@H](C(=O)O)C(C)C)cc1.Cl. The molecule has 0 spiro atoms. The first-order chi connectivity index (χ1) is 12.7. The van der Waals surface area contributed by atoms with Gasteiger partial charge in [0.15, 0.2) is 0 Å². The molecule has 0 bridgehead atoms. The van der Waals surface area contributed by atoms with Crippen molar-refractivity contribution in [1.82, 2.24) is 9.29 Å². The Kier molecular flexibility index (Phi) is 8.87. The molecule has 0 saturated heterocycles. The summed E-state index contributed by atoms with van der Waals surface area (Å²) in [6.45, 7) is 3.22. The van der Waals surface area contributed by atoms with Crippen molar-refractivity contribution in [2.45, 2.75) is 31.3 Å². The number of nitrogens with zero attached hydrogens (tertiary/aromatic N) is 2. The molecule has 0 saturated carbocycles. The lowest BCUT2D eigenvalue weighted by Crippen LogP contribution is -2.47. The van der Waals surface area contributed by atoms with Gasteiger partial charge >= 0.3 is 5.97 Å². The summed E-state index contributed by atoms with van der Waals surface area (Å²) >= 11 is 3.29. The fourth-order valence-corrected chi connectivity index (χ4v) is 4.73. The fourth-order valence-electron chi connectivity index (χ4n) is 2.66. The zero-order valence-corrected chi connectivity index (χ0v) is 18.8. The molecule has 2 rings (SSSR count). The zero-order chi connectivity index (χ0) is 20.2. The highest BCUT2D eigenvalue weighted by Gasteiger charge is 2.38. The molecule has 154 valence electrons. The van der Waals surface area contributed by atoms with Crippen LogP contribution >= 0.6 is 28.3 Å². The van der Waals surface area contributed by atoms with E-state index in [1.807, 2.05) is 0 Å². The molecule has 10 heteroatoms. The maximum Gasteiger partial charge on any atom is 0.322 e. The predicted molar refractivity (Wildman–Crippen MR) is 111 cm³/mol. The Morgan fingerprint density at radius 2 is 1.86 bits per heavy atom. The summed E-state index contributed by atoms with van der Waals surface area (Å²) in [5, 5.41) is 9.70. The van der Waals surface area contributed by atoms with Gasteiger partial charge in [0.1, 0.15) is 16.4 Å². The van der Waals surface area contributed by atoms with Crippen LogP contribution in [0, 0.1) is 5.92 Å². The Morgan fingerprint density at radius 1 is 1.25 bits per heavy atom. The summed E-state index contributed by atoms with van der Waals surface area (Å²) in [5.41, 5.74) is 0.571. The molecule has 0 amide bonds. The van der Waals surface area contributed by atoms with E-state index in [0.717, 1.165) is 4.31 Å². The third kappa shape index (κ3) is 5.44. The van der Waals surface area contributed by atoms with Gasteiger partial charge in [0, 0.05) is 18.3 Å². The average molecular weight is 494 g/mol. The number of sulfonamides is 1. The summed E-state index contributed by atoms with van der Waals surface area (Å²) < 4.78 is 33.1. The van der Waals surface area contributed by atoms with Crippen LogP contribution in [0.25, 0.3) is 0 Å². The Bertz CT molecular complexity index is 906. The second kappa shape index (κ2) is 10.2. The normalized spacial score (nSPS) is 12.5. The molecular formula is C18H22BrClN2O5S. The van der Waals surface area contributed by atoms with Crippen molar-refractivity contribution in [1.29, 1.82) is 0 Å². The summed E-state index contributed by atoms with van der Waals surface area (Å²) in [5.74, 6) is -1.14. The van der Waals surface area contributed by atoms with Crippen LogP contribution in [0.3, 0.4) is 0 Å². The number of benzene rings is 1. The van der Waals surface area contributed by atoms with E-state index in [1.54, 1.807) is 32.2 Å². The van der Waals surface area contributed by atoms with Gasteiger partial charge in [-0.1, -0.05) is 19.9 Å². The molecule has 1 atom stereocenters. The van der Waals surface area contributed by atoms with Crippen molar-refractivity contribution < 1.29 is 23.1 Å². The number of carboxylic acids is 1. The lowest BCUT2D eigenvalue weighted by molar-refractivity contribution is -0.143. The van der Waals surface area contributed by atoms with Gasteiger partial charge in [-0.05, 0) is 52.2 Å². The van der Waals surface area contributed by atoms with E-state index in [1.165, 1.54) is 31.4 Å². The fraction of sp³-hybridized carbons (Fsp3) is 0.333. The van der Waals surface area contributed by atoms with Crippen LogP contribution in [0.2, 0.25) is 0 Å². The molecule has 28 heavy (non-hydrogen) atoms. The Hall–Kier alpha value is -1.68.